The molecule has 0 spiro atoms. The Labute approximate surface area is 114 Å². The van der Waals surface area contributed by atoms with E-state index in [9.17, 15) is 8.42 Å². The Morgan fingerprint density at radius 1 is 1.26 bits per heavy atom. The zero-order chi connectivity index (χ0) is 13.5. The average molecular weight is 290 g/mol. The summed E-state index contributed by atoms with van der Waals surface area (Å²) < 4.78 is 36.1. The average Bonchev–Trinajstić information content (AvgIpc) is 2.85. The fourth-order valence-corrected chi connectivity index (χ4v) is 4.41. The van der Waals surface area contributed by atoms with E-state index in [0.29, 0.717) is 32.2 Å². The van der Waals surface area contributed by atoms with Gasteiger partial charge < -0.3 is 9.47 Å². The molecule has 0 N–H and O–H groups in total. The van der Waals surface area contributed by atoms with Crippen molar-refractivity contribution in [1.29, 1.82) is 0 Å². The lowest BCUT2D eigenvalue weighted by molar-refractivity contribution is 0.0118. The predicted octanol–water partition coefficient (Wildman–Crippen LogP) is -0.773. The first-order valence-corrected chi connectivity index (χ1v) is 8.67. The molecular weight excluding hydrogens is 268 g/mol. The van der Waals surface area contributed by atoms with Gasteiger partial charge in [-0.15, -0.1) is 0 Å². The zero-order valence-electron chi connectivity index (χ0n) is 11.4. The third-order valence-corrected chi connectivity index (χ3v) is 5.82. The molecule has 110 valence electrons. The van der Waals surface area contributed by atoms with Crippen molar-refractivity contribution in [2.45, 2.75) is 0 Å². The number of rotatable bonds is 3. The monoisotopic (exact) mass is 290 g/mol. The second kappa shape index (κ2) is 4.96. The second-order valence-corrected chi connectivity index (χ2v) is 8.00. The van der Waals surface area contributed by atoms with Gasteiger partial charge in [0.1, 0.15) is 0 Å². The van der Waals surface area contributed by atoms with E-state index in [1.165, 1.54) is 6.26 Å². The van der Waals surface area contributed by atoms with E-state index in [1.807, 2.05) is 0 Å². The van der Waals surface area contributed by atoms with Crippen LogP contribution < -0.4 is 0 Å². The quantitative estimate of drug-likeness (QED) is 0.683. The molecule has 0 bridgehead atoms. The van der Waals surface area contributed by atoms with E-state index in [0.717, 1.165) is 32.8 Å². The SMILES string of the molecule is CS(=O)(=O)N1C[C@@H]2COC[C@@]2(CN2CCOCC2)C1. The molecule has 0 aromatic heterocycles. The van der Waals surface area contributed by atoms with E-state index >= 15 is 0 Å². The Morgan fingerprint density at radius 2 is 2.00 bits per heavy atom. The second-order valence-electron chi connectivity index (χ2n) is 6.02. The third kappa shape index (κ3) is 2.67. The lowest BCUT2D eigenvalue weighted by Gasteiger charge is -2.36. The lowest BCUT2D eigenvalue weighted by Crippen LogP contribution is -2.47. The molecular formula is C12H22N2O4S. The van der Waals surface area contributed by atoms with Gasteiger partial charge in [-0.25, -0.2) is 12.7 Å². The summed E-state index contributed by atoms with van der Waals surface area (Å²) in [5, 5.41) is 0. The normalized spacial score (nSPS) is 37.6. The largest absolute Gasteiger partial charge is 0.380 e. The highest BCUT2D eigenvalue weighted by molar-refractivity contribution is 7.88. The van der Waals surface area contributed by atoms with Crippen molar-refractivity contribution in [3.05, 3.63) is 0 Å². The lowest BCUT2D eigenvalue weighted by atomic mass is 9.80. The van der Waals surface area contributed by atoms with Gasteiger partial charge >= 0.3 is 0 Å². The first-order chi connectivity index (χ1) is 9.00. The minimum Gasteiger partial charge on any atom is -0.380 e. The topological polar surface area (TPSA) is 59.1 Å². The standard InChI is InChI=1S/C12H22N2O4S/c1-19(15,16)14-6-11-7-18-10-12(11,9-14)8-13-2-4-17-5-3-13/h11H,2-10H2,1H3/t11-,12-/m1/s1. The molecule has 0 aliphatic carbocycles. The van der Waals surface area contributed by atoms with Crippen molar-refractivity contribution < 1.29 is 17.9 Å². The van der Waals surface area contributed by atoms with Crippen LogP contribution in [0.3, 0.4) is 0 Å². The van der Waals surface area contributed by atoms with E-state index in [2.05, 4.69) is 4.90 Å². The van der Waals surface area contributed by atoms with Crippen LogP contribution in [0.2, 0.25) is 0 Å². The molecule has 3 heterocycles. The van der Waals surface area contributed by atoms with Crippen LogP contribution in [-0.4, -0.2) is 83.0 Å². The Morgan fingerprint density at radius 3 is 2.68 bits per heavy atom. The predicted molar refractivity (Wildman–Crippen MR) is 70.4 cm³/mol. The molecule has 3 saturated heterocycles. The molecule has 0 amide bonds. The van der Waals surface area contributed by atoms with Crippen molar-refractivity contribution in [3.63, 3.8) is 0 Å². The molecule has 19 heavy (non-hydrogen) atoms. The van der Waals surface area contributed by atoms with Crippen LogP contribution in [0.1, 0.15) is 0 Å². The highest BCUT2D eigenvalue weighted by Crippen LogP contribution is 2.42. The van der Waals surface area contributed by atoms with Crippen molar-refractivity contribution in [2.24, 2.45) is 11.3 Å². The maximum absolute atomic E-state index is 11.8. The number of ether oxygens (including phenoxy) is 2. The number of fused-ring (bicyclic) bond motifs is 1. The number of hydrogen-bond acceptors (Lipinski definition) is 5. The van der Waals surface area contributed by atoms with Crippen LogP contribution in [0.5, 0.6) is 0 Å². The Balaban J connectivity index is 1.73. The summed E-state index contributed by atoms with van der Waals surface area (Å²) >= 11 is 0. The number of sulfonamides is 1. The summed E-state index contributed by atoms with van der Waals surface area (Å²) in [6.45, 7) is 6.94. The molecule has 0 unspecified atom stereocenters. The minimum atomic E-state index is -3.09. The van der Waals surface area contributed by atoms with Crippen molar-refractivity contribution >= 4 is 10.0 Å². The summed E-state index contributed by atoms with van der Waals surface area (Å²) in [7, 11) is -3.09. The van der Waals surface area contributed by atoms with Crippen molar-refractivity contribution in [2.75, 3.05) is 65.4 Å². The maximum atomic E-state index is 11.8. The summed E-state index contributed by atoms with van der Waals surface area (Å²) in [5.41, 5.74) is -0.0135. The van der Waals surface area contributed by atoms with Crippen molar-refractivity contribution in [3.8, 4) is 0 Å². The van der Waals surface area contributed by atoms with Crippen LogP contribution in [0.4, 0.5) is 0 Å². The highest BCUT2D eigenvalue weighted by Gasteiger charge is 2.53. The first-order valence-electron chi connectivity index (χ1n) is 6.83. The van der Waals surface area contributed by atoms with E-state index in [-0.39, 0.29) is 5.41 Å². The Hall–Kier alpha value is -0.210. The van der Waals surface area contributed by atoms with E-state index in [4.69, 9.17) is 9.47 Å². The third-order valence-electron chi connectivity index (χ3n) is 4.60. The van der Waals surface area contributed by atoms with E-state index in [1.54, 1.807) is 4.31 Å². The van der Waals surface area contributed by atoms with Gasteiger partial charge in [0, 0.05) is 44.1 Å². The molecule has 2 atom stereocenters. The first kappa shape index (κ1) is 13.8. The molecule has 3 rings (SSSR count). The Kier molecular flexibility index (Phi) is 3.59. The minimum absolute atomic E-state index is 0.0135. The molecule has 0 aromatic rings. The molecule has 0 saturated carbocycles. The molecule has 6 nitrogen and oxygen atoms in total. The summed E-state index contributed by atoms with van der Waals surface area (Å²) in [6.07, 6.45) is 1.30. The van der Waals surface area contributed by atoms with Crippen LogP contribution in [0.25, 0.3) is 0 Å². The van der Waals surface area contributed by atoms with Gasteiger partial charge in [0.15, 0.2) is 0 Å². The molecule has 3 aliphatic rings. The smallest absolute Gasteiger partial charge is 0.211 e. The molecule has 3 fully saturated rings. The molecule has 7 heteroatoms. The van der Waals surface area contributed by atoms with Crippen LogP contribution >= 0.6 is 0 Å². The van der Waals surface area contributed by atoms with Crippen LogP contribution in [-0.2, 0) is 19.5 Å². The van der Waals surface area contributed by atoms with Gasteiger partial charge in [-0.3, -0.25) is 4.90 Å². The van der Waals surface area contributed by atoms with Gasteiger partial charge in [0.25, 0.3) is 0 Å². The van der Waals surface area contributed by atoms with Gasteiger partial charge in [-0.05, 0) is 0 Å². The number of nitrogens with zero attached hydrogens (tertiary/aromatic N) is 2. The molecule has 3 aliphatic heterocycles. The fourth-order valence-electron chi connectivity index (χ4n) is 3.46. The maximum Gasteiger partial charge on any atom is 0.211 e. The van der Waals surface area contributed by atoms with Gasteiger partial charge in [-0.1, -0.05) is 0 Å². The zero-order valence-corrected chi connectivity index (χ0v) is 12.2. The number of hydrogen-bond donors (Lipinski definition) is 0. The summed E-state index contributed by atoms with van der Waals surface area (Å²) in [5.74, 6) is 0.338. The van der Waals surface area contributed by atoms with Gasteiger partial charge in [0.2, 0.25) is 10.0 Å². The van der Waals surface area contributed by atoms with E-state index < -0.39 is 10.0 Å². The van der Waals surface area contributed by atoms with Crippen molar-refractivity contribution in [1.82, 2.24) is 9.21 Å². The molecule has 0 aromatic carbocycles. The highest BCUT2D eigenvalue weighted by atomic mass is 32.2. The molecule has 0 radical (unpaired) electrons. The van der Waals surface area contributed by atoms with Gasteiger partial charge in [-0.2, -0.15) is 0 Å². The van der Waals surface area contributed by atoms with Gasteiger partial charge in [0.05, 0.1) is 32.7 Å². The van der Waals surface area contributed by atoms with Crippen LogP contribution in [0.15, 0.2) is 0 Å². The Bertz CT molecular complexity index is 435. The summed E-state index contributed by atoms with van der Waals surface area (Å²) in [6, 6.07) is 0. The number of morpholine rings is 1. The van der Waals surface area contributed by atoms with Crippen LogP contribution in [0, 0.1) is 11.3 Å². The fraction of sp³-hybridized carbons (Fsp3) is 1.00. The summed E-state index contributed by atoms with van der Waals surface area (Å²) in [4.78, 5) is 2.39.